The van der Waals surface area contributed by atoms with E-state index in [2.05, 4.69) is 4.90 Å². The topological polar surface area (TPSA) is 59.0 Å². The minimum Gasteiger partial charge on any atom is -0.465 e. The Morgan fingerprint density at radius 3 is 3.00 bits per heavy atom. The summed E-state index contributed by atoms with van der Waals surface area (Å²) in [5, 5.41) is 9.23. The predicted octanol–water partition coefficient (Wildman–Crippen LogP) is 1.05. The maximum atomic E-state index is 11.5. The molecule has 5 nitrogen and oxygen atoms in total. The van der Waals surface area contributed by atoms with Crippen LogP contribution in [0.15, 0.2) is 24.3 Å². The quantitative estimate of drug-likeness (QED) is 0.835. The van der Waals surface area contributed by atoms with Gasteiger partial charge in [-0.1, -0.05) is 12.1 Å². The van der Waals surface area contributed by atoms with E-state index < -0.39 is 0 Å². The van der Waals surface area contributed by atoms with Crippen molar-refractivity contribution in [1.82, 2.24) is 4.90 Å². The molecule has 0 saturated carbocycles. The Hall–Kier alpha value is -1.43. The van der Waals surface area contributed by atoms with E-state index in [1.807, 2.05) is 25.1 Å². The van der Waals surface area contributed by atoms with E-state index in [9.17, 15) is 9.90 Å². The van der Waals surface area contributed by atoms with Crippen molar-refractivity contribution in [3.63, 3.8) is 0 Å². The molecule has 2 rings (SSSR count). The lowest BCUT2D eigenvalue weighted by Gasteiger charge is -2.36. The normalized spacial score (nSPS) is 23.6. The molecule has 0 bridgehead atoms. The van der Waals surface area contributed by atoms with E-state index in [-0.39, 0.29) is 24.8 Å². The van der Waals surface area contributed by atoms with Crippen LogP contribution in [0.4, 0.5) is 0 Å². The predicted molar refractivity (Wildman–Crippen MR) is 74.5 cm³/mol. The fourth-order valence-corrected chi connectivity index (χ4v) is 2.54. The first kappa shape index (κ1) is 15.0. The summed E-state index contributed by atoms with van der Waals surface area (Å²) in [6.45, 7) is 4.28. The maximum Gasteiger partial charge on any atom is 0.337 e. The Morgan fingerprint density at radius 2 is 2.30 bits per heavy atom. The SMILES string of the molecule is COC(=O)c1cccc(CN2CC(C)OC(CO)C2)c1. The minimum atomic E-state index is -0.324. The van der Waals surface area contributed by atoms with Gasteiger partial charge < -0.3 is 14.6 Å². The molecule has 110 valence electrons. The van der Waals surface area contributed by atoms with Crippen LogP contribution >= 0.6 is 0 Å². The van der Waals surface area contributed by atoms with Crippen molar-refractivity contribution in [2.75, 3.05) is 26.8 Å². The third kappa shape index (κ3) is 3.79. The number of hydrogen-bond donors (Lipinski definition) is 1. The van der Waals surface area contributed by atoms with Crippen LogP contribution in [-0.2, 0) is 16.0 Å². The number of rotatable bonds is 4. The van der Waals surface area contributed by atoms with E-state index in [0.29, 0.717) is 12.1 Å². The monoisotopic (exact) mass is 279 g/mol. The fourth-order valence-electron chi connectivity index (χ4n) is 2.54. The number of nitrogens with zero attached hydrogens (tertiary/aromatic N) is 1. The van der Waals surface area contributed by atoms with Gasteiger partial charge in [0, 0.05) is 19.6 Å². The van der Waals surface area contributed by atoms with Gasteiger partial charge in [0.2, 0.25) is 0 Å². The largest absolute Gasteiger partial charge is 0.465 e. The highest BCUT2D eigenvalue weighted by molar-refractivity contribution is 5.89. The smallest absolute Gasteiger partial charge is 0.337 e. The summed E-state index contributed by atoms with van der Waals surface area (Å²) in [6, 6.07) is 7.43. The van der Waals surface area contributed by atoms with Gasteiger partial charge in [0.25, 0.3) is 0 Å². The van der Waals surface area contributed by atoms with Gasteiger partial charge in [-0.3, -0.25) is 4.90 Å². The average molecular weight is 279 g/mol. The lowest BCUT2D eigenvalue weighted by molar-refractivity contribution is -0.0972. The van der Waals surface area contributed by atoms with Gasteiger partial charge >= 0.3 is 5.97 Å². The van der Waals surface area contributed by atoms with Gasteiger partial charge in [-0.2, -0.15) is 0 Å². The molecule has 1 N–H and O–H groups in total. The van der Waals surface area contributed by atoms with Crippen molar-refractivity contribution < 1.29 is 19.4 Å². The van der Waals surface area contributed by atoms with Crippen LogP contribution in [-0.4, -0.2) is 55.0 Å². The number of morpholine rings is 1. The maximum absolute atomic E-state index is 11.5. The number of methoxy groups -OCH3 is 1. The average Bonchev–Trinajstić information content (AvgIpc) is 2.46. The summed E-state index contributed by atoms with van der Waals surface area (Å²) in [4.78, 5) is 13.7. The summed E-state index contributed by atoms with van der Waals surface area (Å²) in [7, 11) is 1.38. The third-order valence-electron chi connectivity index (χ3n) is 3.36. The second-order valence-electron chi connectivity index (χ2n) is 5.14. The van der Waals surface area contributed by atoms with Gasteiger partial charge in [0.1, 0.15) is 0 Å². The first-order valence-electron chi connectivity index (χ1n) is 6.78. The molecule has 0 radical (unpaired) electrons. The Kier molecular flexibility index (Phi) is 5.11. The standard InChI is InChI=1S/C15H21NO4/c1-11-7-16(9-14(10-17)20-11)8-12-4-3-5-13(6-12)15(18)19-2/h3-6,11,14,17H,7-10H2,1-2H3. The number of esters is 1. The Balaban J connectivity index is 2.04. The van der Waals surface area contributed by atoms with E-state index >= 15 is 0 Å². The van der Waals surface area contributed by atoms with E-state index in [1.54, 1.807) is 6.07 Å². The van der Waals surface area contributed by atoms with Crippen molar-refractivity contribution in [2.45, 2.75) is 25.7 Å². The lowest BCUT2D eigenvalue weighted by atomic mass is 10.1. The first-order valence-corrected chi connectivity index (χ1v) is 6.78. The van der Waals surface area contributed by atoms with Crippen molar-refractivity contribution in [3.8, 4) is 0 Å². The van der Waals surface area contributed by atoms with Crippen LogP contribution in [0.25, 0.3) is 0 Å². The number of benzene rings is 1. The molecule has 0 amide bonds. The summed E-state index contributed by atoms with van der Waals surface area (Å²) in [6.07, 6.45) is -0.0350. The number of aliphatic hydroxyl groups is 1. The highest BCUT2D eigenvalue weighted by atomic mass is 16.5. The minimum absolute atomic E-state index is 0.0308. The molecule has 1 heterocycles. The highest BCUT2D eigenvalue weighted by Gasteiger charge is 2.24. The van der Waals surface area contributed by atoms with Gasteiger partial charge in [-0.25, -0.2) is 4.79 Å². The number of ether oxygens (including phenoxy) is 2. The number of aliphatic hydroxyl groups excluding tert-OH is 1. The zero-order valence-corrected chi connectivity index (χ0v) is 11.9. The van der Waals surface area contributed by atoms with Crippen LogP contribution in [0, 0.1) is 0 Å². The summed E-state index contributed by atoms with van der Waals surface area (Å²) in [5.41, 5.74) is 1.61. The molecule has 1 fully saturated rings. The molecule has 1 aromatic carbocycles. The van der Waals surface area contributed by atoms with Gasteiger partial charge in [0.05, 0.1) is 31.5 Å². The molecular formula is C15H21NO4. The molecule has 1 aromatic rings. The Bertz CT molecular complexity index is 463. The molecule has 1 saturated heterocycles. The van der Waals surface area contributed by atoms with Gasteiger partial charge in [-0.05, 0) is 24.6 Å². The molecule has 5 heteroatoms. The molecule has 0 aromatic heterocycles. The number of hydrogen-bond acceptors (Lipinski definition) is 5. The van der Waals surface area contributed by atoms with Crippen molar-refractivity contribution in [2.24, 2.45) is 0 Å². The summed E-state index contributed by atoms with van der Waals surface area (Å²) >= 11 is 0. The molecule has 20 heavy (non-hydrogen) atoms. The van der Waals surface area contributed by atoms with E-state index in [0.717, 1.165) is 18.7 Å². The summed E-state index contributed by atoms with van der Waals surface area (Å²) in [5.74, 6) is -0.324. The molecule has 2 atom stereocenters. The van der Waals surface area contributed by atoms with Gasteiger partial charge in [-0.15, -0.1) is 0 Å². The van der Waals surface area contributed by atoms with Crippen molar-refractivity contribution in [1.29, 1.82) is 0 Å². The molecule has 0 spiro atoms. The Labute approximate surface area is 119 Å². The Morgan fingerprint density at radius 1 is 1.50 bits per heavy atom. The van der Waals surface area contributed by atoms with Crippen LogP contribution < -0.4 is 0 Å². The van der Waals surface area contributed by atoms with Gasteiger partial charge in [0.15, 0.2) is 0 Å². The van der Waals surface area contributed by atoms with E-state index in [1.165, 1.54) is 7.11 Å². The lowest BCUT2D eigenvalue weighted by Crippen LogP contribution is -2.47. The van der Waals surface area contributed by atoms with E-state index in [4.69, 9.17) is 9.47 Å². The molecule has 1 aliphatic heterocycles. The third-order valence-corrected chi connectivity index (χ3v) is 3.36. The van der Waals surface area contributed by atoms with Crippen LogP contribution in [0.5, 0.6) is 0 Å². The summed E-state index contributed by atoms with van der Waals surface area (Å²) < 4.78 is 10.3. The highest BCUT2D eigenvalue weighted by Crippen LogP contribution is 2.15. The van der Waals surface area contributed by atoms with Crippen molar-refractivity contribution in [3.05, 3.63) is 35.4 Å². The second kappa shape index (κ2) is 6.83. The fraction of sp³-hybridized carbons (Fsp3) is 0.533. The zero-order chi connectivity index (χ0) is 14.5. The molecular weight excluding hydrogens is 258 g/mol. The van der Waals surface area contributed by atoms with Crippen LogP contribution in [0.1, 0.15) is 22.8 Å². The molecule has 1 aliphatic rings. The van der Waals surface area contributed by atoms with Crippen molar-refractivity contribution >= 4 is 5.97 Å². The number of carbonyl (C=O) groups excluding carboxylic acids is 1. The molecule has 2 unspecified atom stereocenters. The molecule has 0 aliphatic carbocycles. The second-order valence-corrected chi connectivity index (χ2v) is 5.14. The van der Waals surface area contributed by atoms with Crippen LogP contribution in [0.2, 0.25) is 0 Å². The number of carbonyl (C=O) groups is 1. The first-order chi connectivity index (χ1) is 9.62. The zero-order valence-electron chi connectivity index (χ0n) is 11.9. The van der Waals surface area contributed by atoms with Crippen LogP contribution in [0.3, 0.4) is 0 Å².